The number of ether oxygens (including phenoxy) is 2. The molecule has 30 heavy (non-hydrogen) atoms. The van der Waals surface area contributed by atoms with E-state index in [0.717, 1.165) is 29.1 Å². The summed E-state index contributed by atoms with van der Waals surface area (Å²) in [4.78, 5) is 51.5. The summed E-state index contributed by atoms with van der Waals surface area (Å²) in [5, 5.41) is 0. The molecule has 0 N–H and O–H groups in total. The number of nitrogens with zero attached hydrogens (tertiary/aromatic N) is 2. The number of Topliss-reactive ketones (excluding diaryl/α,β-unsaturated/α-hetero) is 1. The van der Waals surface area contributed by atoms with Crippen LogP contribution in [0.25, 0.3) is 0 Å². The Morgan fingerprint density at radius 1 is 1.13 bits per heavy atom. The Hall–Kier alpha value is -2.48. The Morgan fingerprint density at radius 2 is 1.73 bits per heavy atom. The molecule has 0 radical (unpaired) electrons. The number of methoxy groups -OCH3 is 1. The van der Waals surface area contributed by atoms with Gasteiger partial charge in [0.1, 0.15) is 6.04 Å². The number of imide groups is 1. The van der Waals surface area contributed by atoms with Crippen LogP contribution in [0.3, 0.4) is 0 Å². The van der Waals surface area contributed by atoms with Gasteiger partial charge in [-0.2, -0.15) is 0 Å². The van der Waals surface area contributed by atoms with E-state index in [1.54, 1.807) is 13.2 Å². The van der Waals surface area contributed by atoms with Crippen molar-refractivity contribution in [1.29, 1.82) is 0 Å². The molecule has 1 aliphatic carbocycles. The number of hydrogen-bond acceptors (Lipinski definition) is 6. The van der Waals surface area contributed by atoms with E-state index in [-0.39, 0.29) is 29.4 Å². The molecule has 1 saturated carbocycles. The van der Waals surface area contributed by atoms with Crippen molar-refractivity contribution in [3.05, 3.63) is 23.0 Å². The number of esters is 1. The minimum absolute atomic E-state index is 0.290. The van der Waals surface area contributed by atoms with E-state index in [0.29, 0.717) is 31.6 Å². The van der Waals surface area contributed by atoms with Crippen LogP contribution in [0.2, 0.25) is 0 Å². The number of aromatic nitrogens is 1. The van der Waals surface area contributed by atoms with Crippen molar-refractivity contribution in [1.82, 2.24) is 9.47 Å². The second kappa shape index (κ2) is 9.12. The third-order valence-electron chi connectivity index (χ3n) is 6.34. The lowest BCUT2D eigenvalue weighted by molar-refractivity contribution is -0.157. The highest BCUT2D eigenvalue weighted by molar-refractivity contribution is 6.08. The predicted octanol–water partition coefficient (Wildman–Crippen LogP) is 2.04. The van der Waals surface area contributed by atoms with Crippen LogP contribution in [0.5, 0.6) is 0 Å². The summed E-state index contributed by atoms with van der Waals surface area (Å²) in [5.41, 5.74) is 2.19. The van der Waals surface area contributed by atoms with Gasteiger partial charge in [-0.15, -0.1) is 0 Å². The third-order valence-corrected chi connectivity index (χ3v) is 6.34. The van der Waals surface area contributed by atoms with Crippen LogP contribution in [0.4, 0.5) is 0 Å². The van der Waals surface area contributed by atoms with Gasteiger partial charge >= 0.3 is 5.97 Å². The summed E-state index contributed by atoms with van der Waals surface area (Å²) in [6.45, 7) is 5.94. The number of amides is 2. The molecule has 0 bridgehead atoms. The number of carbonyl (C=O) groups excluding carboxylic acids is 4. The third kappa shape index (κ3) is 4.05. The van der Waals surface area contributed by atoms with E-state index in [4.69, 9.17) is 9.47 Å². The molecule has 8 heteroatoms. The van der Waals surface area contributed by atoms with E-state index in [9.17, 15) is 19.2 Å². The van der Waals surface area contributed by atoms with Crippen LogP contribution >= 0.6 is 0 Å². The minimum atomic E-state index is -1.03. The first kappa shape index (κ1) is 22.2. The summed E-state index contributed by atoms with van der Waals surface area (Å²) in [7, 11) is 1.62. The smallest absolute Gasteiger partial charge is 0.329 e. The molecule has 2 fully saturated rings. The number of aryl methyl sites for hydroxylation is 1. The van der Waals surface area contributed by atoms with Gasteiger partial charge in [-0.3, -0.25) is 19.3 Å². The quantitative estimate of drug-likeness (QED) is 0.364. The molecule has 0 aromatic carbocycles. The Kier molecular flexibility index (Phi) is 6.75. The van der Waals surface area contributed by atoms with Gasteiger partial charge < -0.3 is 14.0 Å². The minimum Gasteiger partial charge on any atom is -0.456 e. The summed E-state index contributed by atoms with van der Waals surface area (Å²) < 4.78 is 12.3. The van der Waals surface area contributed by atoms with Crippen LogP contribution in [0.1, 0.15) is 54.4 Å². The summed E-state index contributed by atoms with van der Waals surface area (Å²) in [6.07, 6.45) is 3.21. The van der Waals surface area contributed by atoms with E-state index < -0.39 is 18.6 Å². The molecule has 1 aliphatic heterocycles. The van der Waals surface area contributed by atoms with Crippen LogP contribution in [-0.2, 0) is 30.4 Å². The fraction of sp³-hybridized carbons (Fsp3) is 0.636. The largest absolute Gasteiger partial charge is 0.456 e. The Labute approximate surface area is 176 Å². The molecule has 2 heterocycles. The summed E-state index contributed by atoms with van der Waals surface area (Å²) in [6, 6.07) is 0.737. The first-order valence-corrected chi connectivity index (χ1v) is 10.5. The molecular weight excluding hydrogens is 388 g/mol. The van der Waals surface area contributed by atoms with E-state index >= 15 is 0 Å². The lowest BCUT2D eigenvalue weighted by Crippen LogP contribution is -2.44. The van der Waals surface area contributed by atoms with Gasteiger partial charge in [0.25, 0.3) is 0 Å². The first-order valence-electron chi connectivity index (χ1n) is 10.5. The fourth-order valence-corrected chi connectivity index (χ4v) is 4.62. The van der Waals surface area contributed by atoms with Gasteiger partial charge in [0.05, 0.1) is 18.4 Å². The zero-order valence-corrected chi connectivity index (χ0v) is 18.1. The van der Waals surface area contributed by atoms with Crippen LogP contribution in [0.15, 0.2) is 6.07 Å². The molecule has 1 saturated heterocycles. The van der Waals surface area contributed by atoms with Gasteiger partial charge in [-0.1, -0.05) is 12.8 Å². The van der Waals surface area contributed by atoms with Crippen molar-refractivity contribution in [3.63, 3.8) is 0 Å². The zero-order chi connectivity index (χ0) is 22.0. The van der Waals surface area contributed by atoms with Gasteiger partial charge in [0, 0.05) is 30.6 Å². The number of fused-ring (bicyclic) bond motifs is 1. The van der Waals surface area contributed by atoms with Crippen molar-refractivity contribution in [2.75, 3.05) is 20.3 Å². The summed E-state index contributed by atoms with van der Waals surface area (Å²) in [5.74, 6) is -2.28. The van der Waals surface area contributed by atoms with Gasteiger partial charge in [0.2, 0.25) is 17.6 Å². The maximum atomic E-state index is 12.6. The molecule has 1 aromatic heterocycles. The molecule has 8 nitrogen and oxygen atoms in total. The molecule has 2 amide bonds. The average Bonchev–Trinajstić information content (AvgIpc) is 3.16. The van der Waals surface area contributed by atoms with Crippen LogP contribution in [-0.4, -0.2) is 59.4 Å². The van der Waals surface area contributed by atoms with E-state index in [1.165, 1.54) is 6.92 Å². The lowest BCUT2D eigenvalue weighted by Gasteiger charge is -2.21. The molecule has 1 aromatic rings. The van der Waals surface area contributed by atoms with E-state index in [1.807, 2.05) is 18.4 Å². The van der Waals surface area contributed by atoms with Crippen LogP contribution < -0.4 is 0 Å². The highest BCUT2D eigenvalue weighted by Gasteiger charge is 2.51. The molecule has 2 aliphatic rings. The Morgan fingerprint density at radius 3 is 2.30 bits per heavy atom. The number of carbonyl (C=O) groups is 4. The topological polar surface area (TPSA) is 94.9 Å². The standard InChI is InChI=1S/C22H30N2O6/c1-13-11-18(14(2)23(13)9-10-29-4)19(25)12-30-22(28)15(3)24-20(26)16-7-5-6-8-17(16)21(24)27/h11,15-17H,5-10,12H2,1-4H3. The SMILES string of the molecule is COCCn1c(C)cc(C(=O)COC(=O)C(C)N2C(=O)C3CCCCC3C2=O)c1C. The highest BCUT2D eigenvalue weighted by Crippen LogP contribution is 2.38. The fourth-order valence-electron chi connectivity index (χ4n) is 4.62. The highest BCUT2D eigenvalue weighted by atomic mass is 16.5. The molecule has 3 unspecified atom stereocenters. The molecule has 0 spiro atoms. The maximum Gasteiger partial charge on any atom is 0.329 e. The molecular formula is C22H30N2O6. The van der Waals surface area contributed by atoms with Crippen LogP contribution in [0, 0.1) is 25.7 Å². The maximum absolute atomic E-state index is 12.6. The summed E-state index contributed by atoms with van der Waals surface area (Å²) >= 11 is 0. The van der Waals surface area contributed by atoms with E-state index in [2.05, 4.69) is 0 Å². The van der Waals surface area contributed by atoms with Gasteiger partial charge in [-0.25, -0.2) is 4.79 Å². The lowest BCUT2D eigenvalue weighted by atomic mass is 9.81. The molecule has 164 valence electrons. The monoisotopic (exact) mass is 418 g/mol. The normalized spacial score (nSPS) is 22.2. The van der Waals surface area contributed by atoms with Crippen molar-refractivity contribution in [2.45, 2.75) is 59.0 Å². The van der Waals surface area contributed by atoms with Crippen molar-refractivity contribution in [2.24, 2.45) is 11.8 Å². The molecule has 3 atom stereocenters. The predicted molar refractivity (Wildman–Crippen MR) is 108 cm³/mol. The van der Waals surface area contributed by atoms with Crippen molar-refractivity contribution < 1.29 is 28.7 Å². The second-order valence-electron chi connectivity index (χ2n) is 8.18. The Bertz CT molecular complexity index is 834. The zero-order valence-electron chi connectivity index (χ0n) is 18.1. The Balaban J connectivity index is 1.62. The average molecular weight is 418 g/mol. The van der Waals surface area contributed by atoms with Gasteiger partial charge in [0.15, 0.2) is 6.61 Å². The second-order valence-corrected chi connectivity index (χ2v) is 8.18. The molecule has 3 rings (SSSR count). The van der Waals surface area contributed by atoms with Gasteiger partial charge in [-0.05, 0) is 39.7 Å². The number of hydrogen-bond donors (Lipinski definition) is 0. The van der Waals surface area contributed by atoms with Crippen molar-refractivity contribution in [3.8, 4) is 0 Å². The van der Waals surface area contributed by atoms with Crippen molar-refractivity contribution >= 4 is 23.6 Å². The number of likely N-dealkylation sites (tertiary alicyclic amines) is 1. The first-order chi connectivity index (χ1) is 14.3. The number of ketones is 1. The number of rotatable bonds is 8.